The van der Waals surface area contributed by atoms with Gasteiger partial charge in [0.15, 0.2) is 14.7 Å². The number of nitriles is 1. The van der Waals surface area contributed by atoms with E-state index in [9.17, 15) is 8.42 Å². The summed E-state index contributed by atoms with van der Waals surface area (Å²) in [5.41, 5.74) is 1.71. The van der Waals surface area contributed by atoms with E-state index in [-0.39, 0.29) is 10.7 Å². The molecular weight excluding hydrogens is 250 g/mol. The van der Waals surface area contributed by atoms with Gasteiger partial charge in [-0.2, -0.15) is 5.26 Å². The Balaban J connectivity index is 2.94. The molecule has 0 heterocycles. The van der Waals surface area contributed by atoms with Crippen molar-refractivity contribution < 1.29 is 13.2 Å². The highest BCUT2D eigenvalue weighted by Crippen LogP contribution is 2.14. The number of hydrogen-bond acceptors (Lipinski definition) is 4. The molecule has 0 spiro atoms. The van der Waals surface area contributed by atoms with Gasteiger partial charge in [-0.3, -0.25) is 0 Å². The second kappa shape index (κ2) is 6.22. The number of nitrogens with zero attached hydrogens (tertiary/aromatic N) is 1. The minimum atomic E-state index is -3.64. The molecule has 0 atom stereocenters. The Morgan fingerprint density at radius 1 is 1.39 bits per heavy atom. The van der Waals surface area contributed by atoms with Gasteiger partial charge in [-0.25, -0.2) is 8.42 Å². The van der Waals surface area contributed by atoms with Crippen LogP contribution in [0.4, 0.5) is 0 Å². The van der Waals surface area contributed by atoms with E-state index in [0.29, 0.717) is 12.2 Å². The normalized spacial score (nSPS) is 11.9. The van der Waals surface area contributed by atoms with E-state index in [1.165, 1.54) is 0 Å². The molecule has 0 amide bonds. The Morgan fingerprint density at radius 2 is 2.00 bits per heavy atom. The standard InChI is InChI=1S/C13H15NO3S/c1-3-17-9-13(8-14)18(15,16)10-12-6-4-11(2)5-7-12/h4-7,9H,3,10H2,1-2H3. The zero-order chi connectivity index (χ0) is 13.6. The maximum atomic E-state index is 12.0. The number of benzene rings is 1. The highest BCUT2D eigenvalue weighted by Gasteiger charge is 2.19. The quantitative estimate of drug-likeness (QED) is 0.605. The lowest BCUT2D eigenvalue weighted by atomic mass is 10.2. The number of allylic oxidation sites excluding steroid dienone is 1. The average molecular weight is 265 g/mol. The maximum absolute atomic E-state index is 12.0. The van der Waals surface area contributed by atoms with Crippen LogP contribution in [0.2, 0.25) is 0 Å². The minimum absolute atomic E-state index is 0.195. The monoisotopic (exact) mass is 265 g/mol. The maximum Gasteiger partial charge on any atom is 0.195 e. The summed E-state index contributed by atoms with van der Waals surface area (Å²) in [5, 5.41) is 8.83. The van der Waals surface area contributed by atoms with Crippen molar-refractivity contribution in [3.8, 4) is 6.07 Å². The Kier molecular flexibility index (Phi) is 4.93. The van der Waals surface area contributed by atoms with Crippen LogP contribution in [0, 0.1) is 18.3 Å². The molecule has 0 aliphatic heterocycles. The van der Waals surface area contributed by atoms with Gasteiger partial charge in [-0.1, -0.05) is 29.8 Å². The molecule has 0 aliphatic rings. The van der Waals surface area contributed by atoms with Crippen molar-refractivity contribution in [3.63, 3.8) is 0 Å². The van der Waals surface area contributed by atoms with E-state index >= 15 is 0 Å². The van der Waals surface area contributed by atoms with Gasteiger partial charge in [0.2, 0.25) is 0 Å². The van der Waals surface area contributed by atoms with E-state index in [1.54, 1.807) is 25.1 Å². The zero-order valence-electron chi connectivity index (χ0n) is 10.4. The second-order valence-electron chi connectivity index (χ2n) is 3.79. The molecule has 1 rings (SSSR count). The molecule has 0 saturated carbocycles. The highest BCUT2D eigenvalue weighted by molar-refractivity contribution is 7.94. The number of aryl methyl sites for hydroxylation is 1. The summed E-state index contributed by atoms with van der Waals surface area (Å²) in [5.74, 6) is -0.195. The Hall–Kier alpha value is -1.80. The van der Waals surface area contributed by atoms with E-state index < -0.39 is 9.84 Å². The highest BCUT2D eigenvalue weighted by atomic mass is 32.2. The van der Waals surface area contributed by atoms with Crippen molar-refractivity contribution in [2.45, 2.75) is 19.6 Å². The molecule has 0 unspecified atom stereocenters. The fourth-order valence-corrected chi connectivity index (χ4v) is 2.45. The van der Waals surface area contributed by atoms with Gasteiger partial charge < -0.3 is 4.74 Å². The predicted molar refractivity (Wildman–Crippen MR) is 69.1 cm³/mol. The van der Waals surface area contributed by atoms with Crippen molar-refractivity contribution in [2.75, 3.05) is 6.61 Å². The van der Waals surface area contributed by atoms with E-state index in [2.05, 4.69) is 0 Å². The van der Waals surface area contributed by atoms with Crippen molar-refractivity contribution in [1.82, 2.24) is 0 Å². The third-order valence-corrected chi connectivity index (χ3v) is 3.85. The first kappa shape index (κ1) is 14.3. The molecule has 0 saturated heterocycles. The number of sulfone groups is 1. The lowest BCUT2D eigenvalue weighted by Gasteiger charge is -2.04. The predicted octanol–water partition coefficient (Wildman–Crippen LogP) is 2.31. The molecule has 1 aromatic rings. The van der Waals surface area contributed by atoms with Crippen LogP contribution in [0.25, 0.3) is 0 Å². The summed E-state index contributed by atoms with van der Waals surface area (Å²) in [6, 6.07) is 8.81. The van der Waals surface area contributed by atoms with Gasteiger partial charge in [0, 0.05) is 0 Å². The molecular formula is C13H15NO3S. The first-order valence-electron chi connectivity index (χ1n) is 5.49. The molecule has 0 radical (unpaired) electrons. The molecule has 5 heteroatoms. The van der Waals surface area contributed by atoms with Crippen LogP contribution in [-0.2, 0) is 20.3 Å². The molecule has 96 valence electrons. The van der Waals surface area contributed by atoms with Crippen molar-refractivity contribution in [1.29, 1.82) is 5.26 Å². The number of hydrogen-bond donors (Lipinski definition) is 0. The fraction of sp³-hybridized carbons (Fsp3) is 0.308. The van der Waals surface area contributed by atoms with E-state index in [0.717, 1.165) is 11.8 Å². The first-order chi connectivity index (χ1) is 8.49. The number of rotatable bonds is 5. The molecule has 0 fully saturated rings. The first-order valence-corrected chi connectivity index (χ1v) is 7.15. The molecule has 0 aromatic heterocycles. The summed E-state index contributed by atoms with van der Waals surface area (Å²) >= 11 is 0. The van der Waals surface area contributed by atoms with Crippen LogP contribution in [0.5, 0.6) is 0 Å². The van der Waals surface area contributed by atoms with Crippen LogP contribution in [0.3, 0.4) is 0 Å². The molecule has 0 bridgehead atoms. The second-order valence-corrected chi connectivity index (χ2v) is 5.75. The SMILES string of the molecule is CCOC=C(C#N)S(=O)(=O)Cc1ccc(C)cc1. The van der Waals surface area contributed by atoms with Crippen molar-refractivity contribution in [2.24, 2.45) is 0 Å². The van der Waals surface area contributed by atoms with Crippen molar-refractivity contribution >= 4 is 9.84 Å². The third kappa shape index (κ3) is 3.90. The summed E-state index contributed by atoms with van der Waals surface area (Å²) in [6.07, 6.45) is 1.00. The summed E-state index contributed by atoms with van der Waals surface area (Å²) in [4.78, 5) is -0.343. The topological polar surface area (TPSA) is 67.2 Å². The summed E-state index contributed by atoms with van der Waals surface area (Å²) in [6.45, 7) is 3.97. The summed E-state index contributed by atoms with van der Waals surface area (Å²) < 4.78 is 28.8. The molecule has 1 aromatic carbocycles. The van der Waals surface area contributed by atoms with Crippen LogP contribution in [0.15, 0.2) is 35.4 Å². The Labute approximate surface area is 107 Å². The van der Waals surface area contributed by atoms with Crippen LogP contribution < -0.4 is 0 Å². The van der Waals surface area contributed by atoms with Gasteiger partial charge >= 0.3 is 0 Å². The largest absolute Gasteiger partial charge is 0.499 e. The smallest absolute Gasteiger partial charge is 0.195 e. The molecule has 4 nitrogen and oxygen atoms in total. The third-order valence-electron chi connectivity index (χ3n) is 2.28. The lowest BCUT2D eigenvalue weighted by Crippen LogP contribution is -2.07. The van der Waals surface area contributed by atoms with Crippen LogP contribution in [-0.4, -0.2) is 15.0 Å². The van der Waals surface area contributed by atoms with E-state index in [1.807, 2.05) is 19.1 Å². The molecule has 0 aliphatic carbocycles. The zero-order valence-corrected chi connectivity index (χ0v) is 11.2. The van der Waals surface area contributed by atoms with Crippen molar-refractivity contribution in [3.05, 3.63) is 46.6 Å². The molecule has 18 heavy (non-hydrogen) atoms. The van der Waals surface area contributed by atoms with Gasteiger partial charge in [0.1, 0.15) is 12.3 Å². The Morgan fingerprint density at radius 3 is 2.50 bits per heavy atom. The van der Waals surface area contributed by atoms with E-state index in [4.69, 9.17) is 10.00 Å². The van der Waals surface area contributed by atoms with Crippen LogP contribution in [0.1, 0.15) is 18.1 Å². The Bertz CT molecular complexity index is 565. The van der Waals surface area contributed by atoms with Crippen LogP contribution >= 0.6 is 0 Å². The summed E-state index contributed by atoms with van der Waals surface area (Å²) in [7, 11) is -3.64. The van der Waals surface area contributed by atoms with Gasteiger partial charge in [0.05, 0.1) is 12.4 Å². The molecule has 0 N–H and O–H groups in total. The lowest BCUT2D eigenvalue weighted by molar-refractivity contribution is 0.268. The fourth-order valence-electron chi connectivity index (χ4n) is 1.31. The average Bonchev–Trinajstić information content (AvgIpc) is 2.32. The van der Waals surface area contributed by atoms with Gasteiger partial charge in [-0.15, -0.1) is 0 Å². The van der Waals surface area contributed by atoms with Gasteiger partial charge in [0.25, 0.3) is 0 Å². The van der Waals surface area contributed by atoms with Gasteiger partial charge in [-0.05, 0) is 19.4 Å². The minimum Gasteiger partial charge on any atom is -0.499 e. The number of ether oxygens (including phenoxy) is 1.